The predicted molar refractivity (Wildman–Crippen MR) is 76.9 cm³/mol. The van der Waals surface area contributed by atoms with Crippen molar-refractivity contribution in [1.82, 2.24) is 0 Å². The molecule has 5 heteroatoms. The van der Waals surface area contributed by atoms with Crippen LogP contribution in [0, 0.1) is 0 Å². The molecule has 0 saturated carbocycles. The first-order valence-electron chi connectivity index (χ1n) is 5.56. The summed E-state index contributed by atoms with van der Waals surface area (Å²) in [6, 6.07) is 12.7. The molecule has 0 fully saturated rings. The van der Waals surface area contributed by atoms with Crippen LogP contribution in [0.3, 0.4) is 0 Å². The van der Waals surface area contributed by atoms with E-state index in [1.165, 1.54) is 0 Å². The van der Waals surface area contributed by atoms with Crippen molar-refractivity contribution in [2.45, 2.75) is 6.04 Å². The van der Waals surface area contributed by atoms with Gasteiger partial charge in [-0.2, -0.15) is 0 Å². The van der Waals surface area contributed by atoms with Gasteiger partial charge < -0.3 is 10.4 Å². The first-order chi connectivity index (χ1) is 9.06. The van der Waals surface area contributed by atoms with Gasteiger partial charge in [-0.05, 0) is 42.0 Å². The van der Waals surface area contributed by atoms with Gasteiger partial charge in [0.2, 0.25) is 0 Å². The molecular weight excluding hydrogens is 285 g/mol. The van der Waals surface area contributed by atoms with E-state index in [1.807, 2.05) is 0 Å². The normalized spacial score (nSPS) is 11.9. The lowest BCUT2D eigenvalue weighted by Gasteiger charge is -2.16. The molecule has 19 heavy (non-hydrogen) atoms. The quantitative estimate of drug-likeness (QED) is 0.887. The highest BCUT2D eigenvalue weighted by molar-refractivity contribution is 6.30. The van der Waals surface area contributed by atoms with E-state index in [0.717, 1.165) is 0 Å². The van der Waals surface area contributed by atoms with Gasteiger partial charge in [0.15, 0.2) is 6.04 Å². The first-order valence-corrected chi connectivity index (χ1v) is 6.32. The average Bonchev–Trinajstić information content (AvgIpc) is 2.39. The molecule has 0 radical (unpaired) electrons. The Kier molecular flexibility index (Phi) is 4.30. The summed E-state index contributed by atoms with van der Waals surface area (Å²) in [5, 5.41) is 13.4. The fourth-order valence-corrected chi connectivity index (χ4v) is 1.91. The Morgan fingerprint density at radius 3 is 1.89 bits per heavy atom. The van der Waals surface area contributed by atoms with E-state index in [-0.39, 0.29) is 0 Å². The van der Waals surface area contributed by atoms with Gasteiger partial charge in [0.05, 0.1) is 0 Å². The van der Waals surface area contributed by atoms with Crippen LogP contribution >= 0.6 is 23.2 Å². The summed E-state index contributed by atoms with van der Waals surface area (Å²) in [4.78, 5) is 11.3. The summed E-state index contributed by atoms with van der Waals surface area (Å²) in [6.45, 7) is 0. The monoisotopic (exact) mass is 295 g/mol. The number of anilines is 1. The molecule has 1 unspecified atom stereocenters. The minimum Gasteiger partial charge on any atom is -0.479 e. The highest BCUT2D eigenvalue weighted by Gasteiger charge is 2.19. The van der Waals surface area contributed by atoms with E-state index in [4.69, 9.17) is 23.2 Å². The number of carboxylic acids is 1. The zero-order chi connectivity index (χ0) is 13.8. The number of hydrogen-bond donors (Lipinski definition) is 2. The van der Waals surface area contributed by atoms with Crippen LogP contribution in [0.15, 0.2) is 48.5 Å². The maximum Gasteiger partial charge on any atom is 0.330 e. The molecule has 1 atom stereocenters. The van der Waals surface area contributed by atoms with Crippen molar-refractivity contribution in [2.24, 2.45) is 0 Å². The molecule has 0 bridgehead atoms. The van der Waals surface area contributed by atoms with Crippen molar-refractivity contribution >= 4 is 34.9 Å². The minimum atomic E-state index is -0.961. The molecule has 0 aliphatic carbocycles. The third kappa shape index (κ3) is 3.63. The van der Waals surface area contributed by atoms with Crippen LogP contribution in [-0.4, -0.2) is 11.1 Å². The van der Waals surface area contributed by atoms with Crippen LogP contribution in [0.1, 0.15) is 11.6 Å². The smallest absolute Gasteiger partial charge is 0.330 e. The number of aliphatic carboxylic acids is 1. The van der Waals surface area contributed by atoms with Gasteiger partial charge in [-0.3, -0.25) is 0 Å². The molecule has 2 N–H and O–H groups in total. The van der Waals surface area contributed by atoms with Gasteiger partial charge in [0.1, 0.15) is 0 Å². The summed E-state index contributed by atoms with van der Waals surface area (Å²) in [6.07, 6.45) is 0. The molecule has 0 amide bonds. The molecule has 2 aromatic rings. The Balaban J connectivity index is 2.23. The van der Waals surface area contributed by atoms with Crippen molar-refractivity contribution in [3.05, 3.63) is 64.1 Å². The van der Waals surface area contributed by atoms with Crippen molar-refractivity contribution < 1.29 is 9.90 Å². The van der Waals surface area contributed by atoms with E-state index in [2.05, 4.69) is 5.32 Å². The van der Waals surface area contributed by atoms with Crippen molar-refractivity contribution in [3.8, 4) is 0 Å². The van der Waals surface area contributed by atoms with Crippen molar-refractivity contribution in [3.63, 3.8) is 0 Å². The first kappa shape index (κ1) is 13.7. The van der Waals surface area contributed by atoms with Crippen LogP contribution in [-0.2, 0) is 4.79 Å². The SMILES string of the molecule is O=C(O)C(Nc1ccc(Cl)cc1)c1ccc(Cl)cc1. The Morgan fingerprint density at radius 1 is 0.947 bits per heavy atom. The zero-order valence-electron chi connectivity index (χ0n) is 9.81. The van der Waals surface area contributed by atoms with Crippen LogP contribution in [0.2, 0.25) is 10.0 Å². The molecule has 0 aromatic heterocycles. The number of hydrogen-bond acceptors (Lipinski definition) is 2. The van der Waals surface area contributed by atoms with E-state index in [0.29, 0.717) is 21.3 Å². The molecule has 98 valence electrons. The molecule has 0 saturated heterocycles. The summed E-state index contributed by atoms with van der Waals surface area (Å²) in [7, 11) is 0. The van der Waals surface area contributed by atoms with Crippen LogP contribution in [0.4, 0.5) is 5.69 Å². The zero-order valence-corrected chi connectivity index (χ0v) is 11.3. The van der Waals surface area contributed by atoms with Gasteiger partial charge in [0.25, 0.3) is 0 Å². The van der Waals surface area contributed by atoms with E-state index in [1.54, 1.807) is 48.5 Å². The van der Waals surface area contributed by atoms with Gasteiger partial charge in [-0.15, -0.1) is 0 Å². The lowest BCUT2D eigenvalue weighted by Crippen LogP contribution is -2.20. The minimum absolute atomic E-state index is 0.569. The lowest BCUT2D eigenvalue weighted by atomic mass is 10.1. The van der Waals surface area contributed by atoms with Crippen molar-refractivity contribution in [1.29, 1.82) is 0 Å². The maximum absolute atomic E-state index is 11.3. The number of carbonyl (C=O) groups is 1. The average molecular weight is 296 g/mol. The molecule has 2 rings (SSSR count). The Hall–Kier alpha value is -1.71. The Bertz CT molecular complexity index is 567. The second-order valence-corrected chi connectivity index (χ2v) is 4.85. The van der Waals surface area contributed by atoms with E-state index in [9.17, 15) is 9.90 Å². The topological polar surface area (TPSA) is 49.3 Å². The molecule has 2 aromatic carbocycles. The fourth-order valence-electron chi connectivity index (χ4n) is 1.66. The van der Waals surface area contributed by atoms with E-state index < -0.39 is 12.0 Å². The third-order valence-electron chi connectivity index (χ3n) is 2.61. The molecule has 0 heterocycles. The van der Waals surface area contributed by atoms with Gasteiger partial charge in [-0.25, -0.2) is 4.79 Å². The van der Waals surface area contributed by atoms with Crippen molar-refractivity contribution in [2.75, 3.05) is 5.32 Å². The number of rotatable bonds is 4. The largest absolute Gasteiger partial charge is 0.479 e. The van der Waals surface area contributed by atoms with Crippen LogP contribution < -0.4 is 5.32 Å². The third-order valence-corrected chi connectivity index (χ3v) is 3.11. The fraction of sp³-hybridized carbons (Fsp3) is 0.0714. The molecule has 3 nitrogen and oxygen atoms in total. The maximum atomic E-state index is 11.3. The van der Waals surface area contributed by atoms with E-state index >= 15 is 0 Å². The highest BCUT2D eigenvalue weighted by Crippen LogP contribution is 2.22. The standard InChI is InChI=1S/C14H11Cl2NO2/c15-10-3-1-9(2-4-10)13(14(18)19)17-12-7-5-11(16)6-8-12/h1-8,13,17H,(H,18,19). The summed E-state index contributed by atoms with van der Waals surface area (Å²) in [5.74, 6) is -0.961. The molecular formula is C14H11Cl2NO2. The summed E-state index contributed by atoms with van der Waals surface area (Å²) in [5.41, 5.74) is 1.32. The number of halogens is 2. The van der Waals surface area contributed by atoms with Gasteiger partial charge in [-0.1, -0.05) is 35.3 Å². The molecule has 0 aliphatic heterocycles. The summed E-state index contributed by atoms with van der Waals surface area (Å²) >= 11 is 11.6. The predicted octanol–water partition coefficient (Wildman–Crippen LogP) is 4.23. The number of carboxylic acid groups (broad SMARTS) is 1. The number of nitrogens with one attached hydrogen (secondary N) is 1. The second-order valence-electron chi connectivity index (χ2n) is 3.97. The second kappa shape index (κ2) is 5.95. The van der Waals surface area contributed by atoms with Gasteiger partial charge >= 0.3 is 5.97 Å². The number of benzene rings is 2. The van der Waals surface area contributed by atoms with Crippen LogP contribution in [0.5, 0.6) is 0 Å². The Labute approximate surface area is 120 Å². The lowest BCUT2D eigenvalue weighted by molar-refractivity contribution is -0.138. The molecule has 0 spiro atoms. The van der Waals surface area contributed by atoms with Gasteiger partial charge in [0, 0.05) is 15.7 Å². The summed E-state index contributed by atoms with van der Waals surface area (Å²) < 4.78 is 0. The Morgan fingerprint density at radius 2 is 1.42 bits per heavy atom. The molecule has 0 aliphatic rings. The highest BCUT2D eigenvalue weighted by atomic mass is 35.5. The van der Waals surface area contributed by atoms with Crippen LogP contribution in [0.25, 0.3) is 0 Å².